The lowest BCUT2D eigenvalue weighted by Crippen LogP contribution is -2.67. The summed E-state index contributed by atoms with van der Waals surface area (Å²) in [7, 11) is 0. The van der Waals surface area contributed by atoms with Gasteiger partial charge < -0.3 is 0 Å². The molecule has 60 heavy (non-hydrogen) atoms. The van der Waals surface area contributed by atoms with Crippen LogP contribution < -0.4 is 43.7 Å². The SMILES string of the molecule is Cc1ccccc1B(B(c1ccccc1C)c1ccccc1C)c1ccccc1C.Cc1ccccc1B(B(c1ccccc1C)c1ccccc1C)c1ccccc1C. The van der Waals surface area contributed by atoms with Crippen LogP contribution in [-0.2, 0) is 0 Å². The van der Waals surface area contributed by atoms with Gasteiger partial charge in [0.2, 0.25) is 0 Å². The molecule has 0 saturated heterocycles. The van der Waals surface area contributed by atoms with E-state index in [9.17, 15) is 0 Å². The minimum absolute atomic E-state index is 0.245. The molecule has 0 radical (unpaired) electrons. The van der Waals surface area contributed by atoms with E-state index in [1.165, 1.54) is 88.2 Å². The second-order valence-electron chi connectivity index (χ2n) is 16.8. The van der Waals surface area contributed by atoms with Crippen LogP contribution in [0.4, 0.5) is 0 Å². The summed E-state index contributed by atoms with van der Waals surface area (Å²) < 4.78 is 0. The number of benzene rings is 8. The second-order valence-corrected chi connectivity index (χ2v) is 16.8. The molecule has 0 amide bonds. The van der Waals surface area contributed by atoms with Gasteiger partial charge in [0.15, 0.2) is 26.4 Å². The van der Waals surface area contributed by atoms with Crippen molar-refractivity contribution in [3.05, 3.63) is 239 Å². The van der Waals surface area contributed by atoms with Crippen LogP contribution in [0.3, 0.4) is 0 Å². The van der Waals surface area contributed by atoms with Gasteiger partial charge in [0.05, 0.1) is 0 Å². The lowest BCUT2D eigenvalue weighted by molar-refractivity contribution is 1.48. The number of hydrogen-bond acceptors (Lipinski definition) is 0. The van der Waals surface area contributed by atoms with Crippen LogP contribution in [0.1, 0.15) is 44.5 Å². The fraction of sp³-hybridized carbons (Fsp3) is 0.143. The zero-order chi connectivity index (χ0) is 42.2. The monoisotopic (exact) mass is 772 g/mol. The van der Waals surface area contributed by atoms with Crippen molar-refractivity contribution in [1.29, 1.82) is 0 Å². The summed E-state index contributed by atoms with van der Waals surface area (Å²) in [6, 6.07) is 71.1. The molecule has 0 bridgehead atoms. The van der Waals surface area contributed by atoms with Crippen LogP contribution in [0.25, 0.3) is 0 Å². The van der Waals surface area contributed by atoms with Gasteiger partial charge in [0.1, 0.15) is 0 Å². The fourth-order valence-corrected chi connectivity index (χ4v) is 9.59. The van der Waals surface area contributed by atoms with Crippen LogP contribution in [0.5, 0.6) is 0 Å². The van der Waals surface area contributed by atoms with Gasteiger partial charge in [-0.3, -0.25) is 0 Å². The van der Waals surface area contributed by atoms with E-state index < -0.39 is 0 Å². The van der Waals surface area contributed by atoms with E-state index in [2.05, 4.69) is 250 Å². The largest absolute Gasteiger partial charge is 0.192 e. The molecular formula is C56H56B4. The second kappa shape index (κ2) is 19.4. The highest BCUT2D eigenvalue weighted by Gasteiger charge is 2.39. The van der Waals surface area contributed by atoms with Crippen LogP contribution in [-0.4, -0.2) is 26.4 Å². The molecule has 8 rings (SSSR count). The highest BCUT2D eigenvalue weighted by molar-refractivity contribution is 7.43. The summed E-state index contributed by atoms with van der Waals surface area (Å²) in [5.41, 5.74) is 22.0. The van der Waals surface area contributed by atoms with E-state index in [4.69, 9.17) is 0 Å². The molecule has 0 spiro atoms. The van der Waals surface area contributed by atoms with Crippen LogP contribution in [0, 0.1) is 55.4 Å². The van der Waals surface area contributed by atoms with Gasteiger partial charge in [-0.15, -0.1) is 0 Å². The Labute approximate surface area is 362 Å². The van der Waals surface area contributed by atoms with Gasteiger partial charge in [-0.25, -0.2) is 0 Å². The molecule has 0 heterocycles. The summed E-state index contributed by atoms with van der Waals surface area (Å²) in [6.45, 7) is 18.9. The standard InChI is InChI=1S/2C28H28B2/c2*1-21-13-5-9-17-25(21)29(26-18-10-6-14-22(26)2)30(27-19-11-7-15-23(27)3)28-20-12-8-16-24(28)4/h2*5-20H,1-4H3. The maximum Gasteiger partial charge on any atom is 0.192 e. The van der Waals surface area contributed by atoms with Crippen molar-refractivity contribution in [2.45, 2.75) is 55.4 Å². The summed E-state index contributed by atoms with van der Waals surface area (Å²) >= 11 is 0. The Kier molecular flexibility index (Phi) is 13.6. The lowest BCUT2D eigenvalue weighted by Gasteiger charge is -2.28. The van der Waals surface area contributed by atoms with Crippen molar-refractivity contribution in [3.8, 4) is 0 Å². The van der Waals surface area contributed by atoms with Gasteiger partial charge in [0, 0.05) is 0 Å². The van der Waals surface area contributed by atoms with Gasteiger partial charge >= 0.3 is 0 Å². The molecule has 292 valence electrons. The first-order valence-electron chi connectivity index (χ1n) is 21.6. The Morgan fingerprint density at radius 3 is 0.367 bits per heavy atom. The molecule has 0 nitrogen and oxygen atoms in total. The molecule has 0 fully saturated rings. The number of aryl methyl sites for hydroxylation is 8. The molecule has 4 heteroatoms. The van der Waals surface area contributed by atoms with Crippen molar-refractivity contribution in [3.63, 3.8) is 0 Å². The number of hydrogen-bond donors (Lipinski definition) is 0. The average molecular weight is 772 g/mol. The first-order chi connectivity index (χ1) is 29.2. The van der Waals surface area contributed by atoms with Gasteiger partial charge in [-0.1, -0.05) is 282 Å². The molecular weight excluding hydrogens is 716 g/mol. The third-order valence-corrected chi connectivity index (χ3v) is 12.9. The maximum absolute atomic E-state index is 2.32. The van der Waals surface area contributed by atoms with Crippen LogP contribution >= 0.6 is 0 Å². The minimum atomic E-state index is 0.245. The Balaban J connectivity index is 0.000000181. The molecule has 0 saturated carbocycles. The molecule has 0 aromatic heterocycles. The molecule has 8 aromatic rings. The van der Waals surface area contributed by atoms with Crippen LogP contribution in [0.15, 0.2) is 194 Å². The van der Waals surface area contributed by atoms with E-state index in [-0.39, 0.29) is 26.4 Å². The first-order valence-corrected chi connectivity index (χ1v) is 21.6. The Hall–Kier alpha value is -5.98. The lowest BCUT2D eigenvalue weighted by atomic mass is 9.01. The van der Waals surface area contributed by atoms with E-state index in [0.717, 1.165) is 0 Å². The summed E-state index contributed by atoms with van der Waals surface area (Å²) in [5.74, 6) is 0. The summed E-state index contributed by atoms with van der Waals surface area (Å²) in [4.78, 5) is 0. The average Bonchev–Trinajstić information content (AvgIpc) is 3.25. The topological polar surface area (TPSA) is 0 Å². The summed E-state index contributed by atoms with van der Waals surface area (Å²) in [6.07, 6.45) is 0. The van der Waals surface area contributed by atoms with E-state index in [0.29, 0.717) is 0 Å². The van der Waals surface area contributed by atoms with Crippen molar-refractivity contribution < 1.29 is 0 Å². The third-order valence-electron chi connectivity index (χ3n) is 12.9. The Bertz CT molecular complexity index is 2140. The zero-order valence-corrected chi connectivity index (χ0v) is 36.8. The molecule has 0 atom stereocenters. The minimum Gasteiger partial charge on any atom is -0.0786 e. The van der Waals surface area contributed by atoms with Crippen LogP contribution in [0.2, 0.25) is 0 Å². The summed E-state index contributed by atoms with van der Waals surface area (Å²) in [5, 5.41) is 0. The highest BCUT2D eigenvalue weighted by Crippen LogP contribution is 2.12. The van der Waals surface area contributed by atoms with Gasteiger partial charge in [-0.2, -0.15) is 0 Å². The predicted molar refractivity (Wildman–Crippen MR) is 270 cm³/mol. The molecule has 0 aliphatic heterocycles. The molecule has 0 unspecified atom stereocenters. The highest BCUT2D eigenvalue weighted by atomic mass is 14.1. The zero-order valence-electron chi connectivity index (χ0n) is 36.8. The maximum atomic E-state index is 2.32. The Morgan fingerprint density at radius 1 is 0.167 bits per heavy atom. The van der Waals surface area contributed by atoms with Crippen molar-refractivity contribution in [1.82, 2.24) is 0 Å². The van der Waals surface area contributed by atoms with Crippen molar-refractivity contribution in [2.24, 2.45) is 0 Å². The third kappa shape index (κ3) is 9.09. The first kappa shape index (κ1) is 42.2. The van der Waals surface area contributed by atoms with Gasteiger partial charge in [-0.05, 0) is 55.4 Å². The Morgan fingerprint density at radius 2 is 0.267 bits per heavy atom. The number of rotatable bonds is 10. The van der Waals surface area contributed by atoms with E-state index >= 15 is 0 Å². The fourth-order valence-electron chi connectivity index (χ4n) is 9.59. The smallest absolute Gasteiger partial charge is 0.0786 e. The van der Waals surface area contributed by atoms with Crippen molar-refractivity contribution >= 4 is 70.1 Å². The molecule has 0 aliphatic rings. The quantitative estimate of drug-likeness (QED) is 0.125. The van der Waals surface area contributed by atoms with Gasteiger partial charge in [0.25, 0.3) is 0 Å². The molecule has 0 aliphatic carbocycles. The van der Waals surface area contributed by atoms with E-state index in [1.807, 2.05) is 0 Å². The normalized spacial score (nSPS) is 10.7. The van der Waals surface area contributed by atoms with E-state index in [1.54, 1.807) is 0 Å². The molecule has 8 aromatic carbocycles. The predicted octanol–water partition coefficient (Wildman–Crippen LogP) is 7.83. The molecule has 0 N–H and O–H groups in total. The van der Waals surface area contributed by atoms with Crippen molar-refractivity contribution in [2.75, 3.05) is 0 Å².